The van der Waals surface area contributed by atoms with E-state index >= 15 is 0 Å². The van der Waals surface area contributed by atoms with Gasteiger partial charge >= 0.3 is 0 Å². The third-order valence-electron chi connectivity index (χ3n) is 3.59. The van der Waals surface area contributed by atoms with Crippen molar-refractivity contribution in [1.82, 2.24) is 20.2 Å². The van der Waals surface area contributed by atoms with Gasteiger partial charge in [0.1, 0.15) is 4.90 Å². The number of hydrogen-bond acceptors (Lipinski definition) is 5. The summed E-state index contributed by atoms with van der Waals surface area (Å²) in [6.45, 7) is 6.63. The standard InChI is InChI=1S/C13H24N4O3S/c1-9-12(11(8-14-4)16-15-9)21(18,19)17-10-5-6-20-13(2,3)7-10/h10,14,17H,5-8H2,1-4H3,(H,15,16). The topological polar surface area (TPSA) is 96.1 Å². The number of nitrogens with one attached hydrogen (secondary N) is 3. The number of aryl methyl sites for hydroxylation is 1. The molecular formula is C13H24N4O3S. The fourth-order valence-corrected chi connectivity index (χ4v) is 4.36. The van der Waals surface area contributed by atoms with Crippen molar-refractivity contribution in [2.75, 3.05) is 13.7 Å². The Morgan fingerprint density at radius 1 is 1.48 bits per heavy atom. The second-order valence-electron chi connectivity index (χ2n) is 6.07. The van der Waals surface area contributed by atoms with Crippen LogP contribution in [0.25, 0.3) is 0 Å². The summed E-state index contributed by atoms with van der Waals surface area (Å²) in [4.78, 5) is 0.251. The molecule has 0 bridgehead atoms. The quantitative estimate of drug-likeness (QED) is 0.742. The van der Waals surface area contributed by atoms with Gasteiger partial charge in [0.2, 0.25) is 10.0 Å². The third-order valence-corrected chi connectivity index (χ3v) is 5.32. The molecule has 7 nitrogen and oxygen atoms in total. The first kappa shape index (κ1) is 16.4. The minimum Gasteiger partial charge on any atom is -0.375 e. The van der Waals surface area contributed by atoms with Crippen molar-refractivity contribution in [2.24, 2.45) is 0 Å². The number of rotatable bonds is 5. The van der Waals surface area contributed by atoms with E-state index in [0.29, 0.717) is 37.4 Å². The van der Waals surface area contributed by atoms with Gasteiger partial charge in [0.15, 0.2) is 0 Å². The highest BCUT2D eigenvalue weighted by atomic mass is 32.2. The van der Waals surface area contributed by atoms with Crippen LogP contribution in [0.2, 0.25) is 0 Å². The molecule has 1 saturated heterocycles. The third kappa shape index (κ3) is 3.82. The van der Waals surface area contributed by atoms with Crippen LogP contribution in [0.5, 0.6) is 0 Å². The van der Waals surface area contributed by atoms with Gasteiger partial charge in [0.25, 0.3) is 0 Å². The molecular weight excluding hydrogens is 292 g/mol. The lowest BCUT2D eigenvalue weighted by atomic mass is 9.95. The first-order chi connectivity index (χ1) is 9.75. The van der Waals surface area contributed by atoms with Gasteiger partial charge in [0.05, 0.1) is 17.0 Å². The molecule has 0 spiro atoms. The molecule has 0 aliphatic carbocycles. The van der Waals surface area contributed by atoms with Crippen LogP contribution in [0.3, 0.4) is 0 Å². The smallest absolute Gasteiger partial charge is 0.244 e. The molecule has 2 rings (SSSR count). The number of aromatic amines is 1. The summed E-state index contributed by atoms with van der Waals surface area (Å²) in [5.41, 5.74) is 0.762. The van der Waals surface area contributed by atoms with Crippen molar-refractivity contribution in [1.29, 1.82) is 0 Å². The van der Waals surface area contributed by atoms with E-state index in [-0.39, 0.29) is 16.5 Å². The average molecular weight is 316 g/mol. The molecule has 0 amide bonds. The second kappa shape index (κ2) is 6.04. The largest absolute Gasteiger partial charge is 0.375 e. The predicted molar refractivity (Wildman–Crippen MR) is 79.5 cm³/mol. The van der Waals surface area contributed by atoms with Crippen molar-refractivity contribution >= 4 is 10.0 Å². The predicted octanol–water partition coefficient (Wildman–Crippen LogP) is 0.673. The zero-order chi connectivity index (χ0) is 15.7. The monoisotopic (exact) mass is 316 g/mol. The fraction of sp³-hybridized carbons (Fsp3) is 0.769. The van der Waals surface area contributed by atoms with Gasteiger partial charge < -0.3 is 10.1 Å². The summed E-state index contributed by atoms with van der Waals surface area (Å²) in [6.07, 6.45) is 1.34. The summed E-state index contributed by atoms with van der Waals surface area (Å²) in [5, 5.41) is 9.74. The number of nitrogens with zero attached hydrogens (tertiary/aromatic N) is 1. The SMILES string of the molecule is CNCc1n[nH]c(C)c1S(=O)(=O)NC1CCOC(C)(C)C1. The van der Waals surface area contributed by atoms with E-state index in [0.717, 1.165) is 0 Å². The lowest BCUT2D eigenvalue weighted by Gasteiger charge is -2.35. The van der Waals surface area contributed by atoms with Crippen LogP contribution >= 0.6 is 0 Å². The number of aromatic nitrogens is 2. The molecule has 3 N–H and O–H groups in total. The highest BCUT2D eigenvalue weighted by Crippen LogP contribution is 2.26. The maximum atomic E-state index is 12.6. The zero-order valence-corrected chi connectivity index (χ0v) is 13.8. The fourth-order valence-electron chi connectivity index (χ4n) is 2.72. The molecule has 0 aromatic carbocycles. The van der Waals surface area contributed by atoms with Crippen molar-refractivity contribution in [2.45, 2.75) is 56.7 Å². The molecule has 1 unspecified atom stereocenters. The molecule has 8 heteroatoms. The zero-order valence-electron chi connectivity index (χ0n) is 13.0. The molecule has 1 aliphatic heterocycles. The summed E-state index contributed by atoms with van der Waals surface area (Å²) in [6, 6.07) is -0.115. The van der Waals surface area contributed by atoms with E-state index in [9.17, 15) is 8.42 Å². The number of H-pyrrole nitrogens is 1. The molecule has 1 aromatic rings. The Bertz CT molecular complexity index is 595. The molecule has 1 aliphatic rings. The van der Waals surface area contributed by atoms with Crippen LogP contribution < -0.4 is 10.0 Å². The Morgan fingerprint density at radius 3 is 2.81 bits per heavy atom. The normalized spacial score (nSPS) is 22.4. The van der Waals surface area contributed by atoms with Gasteiger partial charge in [-0.25, -0.2) is 13.1 Å². The Morgan fingerprint density at radius 2 is 2.19 bits per heavy atom. The molecule has 1 atom stereocenters. The van der Waals surface area contributed by atoms with Crippen LogP contribution in [-0.2, 0) is 21.3 Å². The molecule has 1 fully saturated rings. The van der Waals surface area contributed by atoms with Crippen LogP contribution in [-0.4, -0.2) is 43.9 Å². The van der Waals surface area contributed by atoms with E-state index in [1.807, 2.05) is 13.8 Å². The first-order valence-electron chi connectivity index (χ1n) is 7.10. The van der Waals surface area contributed by atoms with Crippen LogP contribution in [0, 0.1) is 6.92 Å². The average Bonchev–Trinajstić information content (AvgIpc) is 2.69. The van der Waals surface area contributed by atoms with Gasteiger partial charge in [0, 0.05) is 19.2 Å². The first-order valence-corrected chi connectivity index (χ1v) is 8.58. The molecule has 0 saturated carbocycles. The molecule has 0 radical (unpaired) electrons. The van der Waals surface area contributed by atoms with Gasteiger partial charge in [-0.3, -0.25) is 5.10 Å². The number of sulfonamides is 1. The van der Waals surface area contributed by atoms with E-state index in [4.69, 9.17) is 4.74 Å². The van der Waals surface area contributed by atoms with Gasteiger partial charge in [-0.15, -0.1) is 0 Å². The van der Waals surface area contributed by atoms with E-state index in [2.05, 4.69) is 20.2 Å². The summed E-state index contributed by atoms with van der Waals surface area (Å²) >= 11 is 0. The highest BCUT2D eigenvalue weighted by molar-refractivity contribution is 7.89. The van der Waals surface area contributed by atoms with Crippen molar-refractivity contribution in [3.05, 3.63) is 11.4 Å². The molecule has 1 aromatic heterocycles. The second-order valence-corrected chi connectivity index (χ2v) is 7.72. The van der Waals surface area contributed by atoms with Crippen LogP contribution in [0.4, 0.5) is 0 Å². The molecule has 120 valence electrons. The molecule has 21 heavy (non-hydrogen) atoms. The lowest BCUT2D eigenvalue weighted by Crippen LogP contribution is -2.45. The van der Waals surface area contributed by atoms with Crippen molar-refractivity contribution < 1.29 is 13.2 Å². The van der Waals surface area contributed by atoms with Gasteiger partial charge in [-0.2, -0.15) is 5.10 Å². The van der Waals surface area contributed by atoms with Crippen LogP contribution in [0.15, 0.2) is 4.90 Å². The van der Waals surface area contributed by atoms with Crippen molar-refractivity contribution in [3.63, 3.8) is 0 Å². The summed E-state index contributed by atoms with van der Waals surface area (Å²) < 4.78 is 33.7. The summed E-state index contributed by atoms with van der Waals surface area (Å²) in [5.74, 6) is 0. The van der Waals surface area contributed by atoms with Gasteiger partial charge in [-0.1, -0.05) is 0 Å². The minimum absolute atomic E-state index is 0.115. The van der Waals surface area contributed by atoms with E-state index in [1.165, 1.54) is 0 Å². The van der Waals surface area contributed by atoms with Gasteiger partial charge in [-0.05, 0) is 40.7 Å². The van der Waals surface area contributed by atoms with E-state index in [1.54, 1.807) is 14.0 Å². The maximum absolute atomic E-state index is 12.6. The maximum Gasteiger partial charge on any atom is 0.244 e. The minimum atomic E-state index is -3.59. The Balaban J connectivity index is 2.21. The Hall–Kier alpha value is -0.960. The van der Waals surface area contributed by atoms with Crippen molar-refractivity contribution in [3.8, 4) is 0 Å². The summed E-state index contributed by atoms with van der Waals surface area (Å²) in [7, 11) is -1.83. The Labute approximate surface area is 125 Å². The van der Waals surface area contributed by atoms with E-state index < -0.39 is 10.0 Å². The number of ether oxygens (including phenoxy) is 1. The highest BCUT2D eigenvalue weighted by Gasteiger charge is 2.33. The Kier molecular flexibility index (Phi) is 4.72. The molecule has 2 heterocycles. The number of hydrogen-bond donors (Lipinski definition) is 3. The van der Waals surface area contributed by atoms with Crippen LogP contribution in [0.1, 0.15) is 38.1 Å². The lowest BCUT2D eigenvalue weighted by molar-refractivity contribution is -0.0599.